The highest BCUT2D eigenvalue weighted by molar-refractivity contribution is 6.31. The van der Waals surface area contributed by atoms with Gasteiger partial charge in [-0.2, -0.15) is 0 Å². The lowest BCUT2D eigenvalue weighted by atomic mass is 10.1. The van der Waals surface area contributed by atoms with Gasteiger partial charge in [-0.3, -0.25) is 14.5 Å². The molecular formula is C20H17ClN2O4. The van der Waals surface area contributed by atoms with Crippen molar-refractivity contribution in [2.75, 3.05) is 5.32 Å². The van der Waals surface area contributed by atoms with Crippen LogP contribution < -0.4 is 5.32 Å². The Kier molecular flexibility index (Phi) is 4.36. The van der Waals surface area contributed by atoms with Crippen molar-refractivity contribution in [3.05, 3.63) is 64.2 Å². The van der Waals surface area contributed by atoms with Crippen molar-refractivity contribution in [2.45, 2.75) is 32.0 Å². The number of cyclic esters (lactones) is 1. The maximum atomic E-state index is 12.8. The SMILES string of the molecule is Cc1ccc(NC(=O)[C@H]2CCC(=O)N2[C@@H]2OC(=O)c3ccccc32)cc1Cl. The highest BCUT2D eigenvalue weighted by atomic mass is 35.5. The zero-order chi connectivity index (χ0) is 19.1. The first-order chi connectivity index (χ1) is 13.0. The number of carbonyl (C=O) groups is 3. The molecule has 7 heteroatoms. The van der Waals surface area contributed by atoms with Crippen molar-refractivity contribution < 1.29 is 19.1 Å². The zero-order valence-electron chi connectivity index (χ0n) is 14.6. The summed E-state index contributed by atoms with van der Waals surface area (Å²) in [6.45, 7) is 1.87. The lowest BCUT2D eigenvalue weighted by Gasteiger charge is -2.29. The molecule has 2 aromatic carbocycles. The molecule has 1 saturated heterocycles. The summed E-state index contributed by atoms with van der Waals surface area (Å²) in [5, 5.41) is 3.35. The molecular weight excluding hydrogens is 368 g/mol. The molecule has 138 valence electrons. The highest BCUT2D eigenvalue weighted by Gasteiger charge is 2.46. The van der Waals surface area contributed by atoms with Crippen molar-refractivity contribution in [1.29, 1.82) is 0 Å². The molecule has 2 atom stereocenters. The topological polar surface area (TPSA) is 75.7 Å². The number of carbonyl (C=O) groups excluding carboxylic acids is 3. The van der Waals surface area contributed by atoms with Crippen LogP contribution in [0.1, 0.15) is 40.6 Å². The number of hydrogen-bond acceptors (Lipinski definition) is 4. The van der Waals surface area contributed by atoms with Crippen LogP contribution in [-0.4, -0.2) is 28.7 Å². The number of nitrogens with zero attached hydrogens (tertiary/aromatic N) is 1. The minimum Gasteiger partial charge on any atom is -0.433 e. The third-order valence-corrected chi connectivity index (χ3v) is 5.32. The minimum absolute atomic E-state index is 0.216. The van der Waals surface area contributed by atoms with Crippen LogP contribution in [0.2, 0.25) is 5.02 Å². The molecule has 0 saturated carbocycles. The van der Waals surface area contributed by atoms with E-state index >= 15 is 0 Å². The molecule has 0 radical (unpaired) electrons. The van der Waals surface area contributed by atoms with Crippen LogP contribution >= 0.6 is 11.6 Å². The lowest BCUT2D eigenvalue weighted by Crippen LogP contribution is -2.43. The second-order valence-electron chi connectivity index (χ2n) is 6.65. The van der Waals surface area contributed by atoms with Crippen LogP contribution in [0.5, 0.6) is 0 Å². The van der Waals surface area contributed by atoms with Crippen LogP contribution in [0.3, 0.4) is 0 Å². The number of fused-ring (bicyclic) bond motifs is 1. The first-order valence-electron chi connectivity index (χ1n) is 8.64. The van der Waals surface area contributed by atoms with Crippen molar-refractivity contribution in [2.24, 2.45) is 0 Å². The van der Waals surface area contributed by atoms with Crippen molar-refractivity contribution in [3.63, 3.8) is 0 Å². The smallest absolute Gasteiger partial charge is 0.340 e. The van der Waals surface area contributed by atoms with Gasteiger partial charge in [0.05, 0.1) is 5.56 Å². The summed E-state index contributed by atoms with van der Waals surface area (Å²) in [5.41, 5.74) is 2.49. The number of nitrogens with one attached hydrogen (secondary N) is 1. The van der Waals surface area contributed by atoms with E-state index in [0.29, 0.717) is 28.3 Å². The summed E-state index contributed by atoms with van der Waals surface area (Å²) in [6, 6.07) is 11.4. The Bertz CT molecular complexity index is 959. The number of benzene rings is 2. The fraction of sp³-hybridized carbons (Fsp3) is 0.250. The van der Waals surface area contributed by atoms with Gasteiger partial charge in [-0.05, 0) is 37.1 Å². The molecule has 4 rings (SSSR count). The lowest BCUT2D eigenvalue weighted by molar-refractivity contribution is -0.144. The Hall–Kier alpha value is -2.86. The van der Waals surface area contributed by atoms with E-state index in [-0.39, 0.29) is 18.2 Å². The molecule has 2 heterocycles. The van der Waals surface area contributed by atoms with Gasteiger partial charge in [-0.15, -0.1) is 0 Å². The van der Waals surface area contributed by atoms with E-state index in [1.54, 1.807) is 36.4 Å². The van der Waals surface area contributed by atoms with Crippen LogP contribution in [0.15, 0.2) is 42.5 Å². The highest BCUT2D eigenvalue weighted by Crippen LogP contribution is 2.38. The van der Waals surface area contributed by atoms with E-state index in [9.17, 15) is 14.4 Å². The van der Waals surface area contributed by atoms with Gasteiger partial charge in [0.15, 0.2) is 0 Å². The van der Waals surface area contributed by atoms with Crippen LogP contribution in [0, 0.1) is 6.92 Å². The molecule has 0 aliphatic carbocycles. The number of anilines is 1. The van der Waals surface area contributed by atoms with Gasteiger partial charge in [-0.1, -0.05) is 35.9 Å². The van der Waals surface area contributed by atoms with E-state index < -0.39 is 18.2 Å². The van der Waals surface area contributed by atoms with Crippen LogP contribution in [0.25, 0.3) is 0 Å². The van der Waals surface area contributed by atoms with Crippen molar-refractivity contribution in [3.8, 4) is 0 Å². The summed E-state index contributed by atoms with van der Waals surface area (Å²) < 4.78 is 5.42. The third-order valence-electron chi connectivity index (χ3n) is 4.92. The Morgan fingerprint density at radius 3 is 2.78 bits per heavy atom. The Labute approximate surface area is 161 Å². The summed E-state index contributed by atoms with van der Waals surface area (Å²) in [4.78, 5) is 38.8. The van der Waals surface area contributed by atoms with Crippen LogP contribution in [-0.2, 0) is 14.3 Å². The predicted octanol–water partition coefficient (Wildman–Crippen LogP) is 3.45. The first-order valence-corrected chi connectivity index (χ1v) is 9.01. The summed E-state index contributed by atoms with van der Waals surface area (Å²) >= 11 is 6.11. The second kappa shape index (κ2) is 6.70. The fourth-order valence-electron chi connectivity index (χ4n) is 3.48. The first kappa shape index (κ1) is 17.5. The molecule has 2 aliphatic rings. The molecule has 2 aliphatic heterocycles. The maximum absolute atomic E-state index is 12.8. The monoisotopic (exact) mass is 384 g/mol. The molecule has 27 heavy (non-hydrogen) atoms. The molecule has 0 unspecified atom stereocenters. The van der Waals surface area contributed by atoms with Crippen molar-refractivity contribution >= 4 is 35.1 Å². The molecule has 0 bridgehead atoms. The van der Waals surface area contributed by atoms with Gasteiger partial charge in [0.2, 0.25) is 18.0 Å². The van der Waals surface area contributed by atoms with Gasteiger partial charge in [-0.25, -0.2) is 4.79 Å². The van der Waals surface area contributed by atoms with Crippen molar-refractivity contribution in [1.82, 2.24) is 4.90 Å². The Morgan fingerprint density at radius 2 is 2.00 bits per heavy atom. The summed E-state index contributed by atoms with van der Waals surface area (Å²) in [5.74, 6) is -1.03. The molecule has 0 aromatic heterocycles. The number of rotatable bonds is 3. The predicted molar refractivity (Wildman–Crippen MR) is 99.3 cm³/mol. The average molecular weight is 385 g/mol. The minimum atomic E-state index is -0.874. The van der Waals surface area contributed by atoms with Gasteiger partial charge < -0.3 is 10.1 Å². The molecule has 0 spiro atoms. The Balaban J connectivity index is 1.59. The fourth-order valence-corrected chi connectivity index (χ4v) is 3.66. The van der Waals surface area contributed by atoms with Gasteiger partial charge in [0.1, 0.15) is 6.04 Å². The zero-order valence-corrected chi connectivity index (χ0v) is 15.3. The normalized spacial score (nSPS) is 21.2. The van der Waals surface area contributed by atoms with E-state index in [1.165, 1.54) is 4.90 Å². The standard InChI is InChI=1S/C20H17ClN2O4/c1-11-6-7-12(10-15(11)21)22-18(25)16-8-9-17(24)23(16)19-13-4-2-3-5-14(13)20(26)27-19/h2-7,10,16,19H,8-9H2,1H3,(H,22,25)/t16-,19-/m1/s1. The van der Waals surface area contributed by atoms with Crippen LogP contribution in [0.4, 0.5) is 5.69 Å². The number of likely N-dealkylation sites (tertiary alicyclic amines) is 1. The number of esters is 1. The molecule has 1 N–H and O–H groups in total. The average Bonchev–Trinajstić information content (AvgIpc) is 3.19. The number of amides is 2. The largest absolute Gasteiger partial charge is 0.433 e. The second-order valence-corrected chi connectivity index (χ2v) is 7.06. The van der Waals surface area contributed by atoms with E-state index in [2.05, 4.69) is 5.32 Å². The number of ether oxygens (including phenoxy) is 1. The van der Waals surface area contributed by atoms with E-state index in [4.69, 9.17) is 16.3 Å². The molecule has 6 nitrogen and oxygen atoms in total. The van der Waals surface area contributed by atoms with E-state index in [0.717, 1.165) is 5.56 Å². The molecule has 1 fully saturated rings. The quantitative estimate of drug-likeness (QED) is 0.822. The maximum Gasteiger partial charge on any atom is 0.340 e. The summed E-state index contributed by atoms with van der Waals surface area (Å²) in [6.07, 6.45) is -0.287. The van der Waals surface area contributed by atoms with Gasteiger partial charge >= 0.3 is 5.97 Å². The number of halogens is 1. The Morgan fingerprint density at radius 1 is 1.22 bits per heavy atom. The number of hydrogen-bond donors (Lipinski definition) is 1. The molecule has 2 aromatic rings. The van der Waals surface area contributed by atoms with E-state index in [1.807, 2.05) is 13.0 Å². The summed E-state index contributed by atoms with van der Waals surface area (Å²) in [7, 11) is 0. The molecule has 2 amide bonds. The van der Waals surface area contributed by atoms with Gasteiger partial charge in [0, 0.05) is 22.7 Å². The number of aryl methyl sites for hydroxylation is 1. The van der Waals surface area contributed by atoms with Gasteiger partial charge in [0.25, 0.3) is 0 Å². The third kappa shape index (κ3) is 3.06.